The zero-order valence-corrected chi connectivity index (χ0v) is 11.5. The maximum Gasteiger partial charge on any atom is 0.131 e. The molecule has 0 fully saturated rings. The lowest BCUT2D eigenvalue weighted by Gasteiger charge is -2.09. The molecule has 0 atom stereocenters. The second-order valence-electron chi connectivity index (χ2n) is 3.78. The van der Waals surface area contributed by atoms with Crippen molar-refractivity contribution in [2.45, 2.75) is 13.5 Å². The zero-order valence-electron chi connectivity index (χ0n) is 10.7. The molecule has 0 aliphatic heterocycles. The first kappa shape index (κ1) is 12.9. The van der Waals surface area contributed by atoms with Crippen molar-refractivity contribution < 1.29 is 9.47 Å². The van der Waals surface area contributed by atoms with Crippen molar-refractivity contribution >= 4 is 11.3 Å². The molecule has 2 N–H and O–H groups in total. The molecule has 2 rings (SSSR count). The molecule has 0 amide bonds. The number of nitrogens with two attached hydrogens (primary N) is 1. The lowest BCUT2D eigenvalue weighted by molar-refractivity contribution is 0.395. The van der Waals surface area contributed by atoms with Crippen molar-refractivity contribution in [2.75, 3.05) is 14.2 Å². The maximum absolute atomic E-state index is 5.75. The molecule has 1 aromatic carbocycles. The topological polar surface area (TPSA) is 57.4 Å². The molecular weight excluding hydrogens is 248 g/mol. The van der Waals surface area contributed by atoms with Gasteiger partial charge in [0, 0.05) is 23.1 Å². The Balaban J connectivity index is 2.55. The van der Waals surface area contributed by atoms with E-state index in [9.17, 15) is 0 Å². The summed E-state index contributed by atoms with van der Waals surface area (Å²) in [6, 6.07) is 5.70. The number of hydrogen-bond donors (Lipinski definition) is 1. The first-order valence-corrected chi connectivity index (χ1v) is 6.40. The lowest BCUT2D eigenvalue weighted by atomic mass is 10.1. The summed E-state index contributed by atoms with van der Waals surface area (Å²) >= 11 is 1.62. The summed E-state index contributed by atoms with van der Waals surface area (Å²) in [4.78, 5) is 5.60. The zero-order chi connectivity index (χ0) is 13.1. The van der Waals surface area contributed by atoms with E-state index in [1.807, 2.05) is 25.1 Å². The van der Waals surface area contributed by atoms with Gasteiger partial charge in [0.2, 0.25) is 0 Å². The van der Waals surface area contributed by atoms with Gasteiger partial charge in [-0.05, 0) is 19.1 Å². The minimum Gasteiger partial charge on any atom is -0.497 e. The average Bonchev–Trinajstić information content (AvgIpc) is 2.78. The van der Waals surface area contributed by atoms with E-state index in [1.165, 1.54) is 0 Å². The van der Waals surface area contributed by atoms with Gasteiger partial charge in [-0.1, -0.05) is 0 Å². The van der Waals surface area contributed by atoms with Crippen LogP contribution in [-0.2, 0) is 6.54 Å². The van der Waals surface area contributed by atoms with E-state index in [1.54, 1.807) is 25.6 Å². The van der Waals surface area contributed by atoms with Crippen LogP contribution in [0.2, 0.25) is 0 Å². The SMILES string of the molecule is COc1ccc(-c2nc(C)sc2CN)c(OC)c1. The van der Waals surface area contributed by atoms with Gasteiger partial charge in [0.05, 0.1) is 24.9 Å². The van der Waals surface area contributed by atoms with Gasteiger partial charge in [-0.3, -0.25) is 0 Å². The molecule has 0 spiro atoms. The molecule has 1 heterocycles. The third-order valence-electron chi connectivity index (χ3n) is 2.65. The highest BCUT2D eigenvalue weighted by molar-refractivity contribution is 7.12. The predicted octanol–water partition coefficient (Wildman–Crippen LogP) is 2.59. The third-order valence-corrected chi connectivity index (χ3v) is 3.65. The number of aromatic nitrogens is 1. The Kier molecular flexibility index (Phi) is 3.84. The van der Waals surface area contributed by atoms with Crippen LogP contribution in [0.25, 0.3) is 11.3 Å². The van der Waals surface area contributed by atoms with Gasteiger partial charge in [0.25, 0.3) is 0 Å². The Hall–Kier alpha value is -1.59. The number of methoxy groups -OCH3 is 2. The fraction of sp³-hybridized carbons (Fsp3) is 0.308. The molecule has 18 heavy (non-hydrogen) atoms. The number of aryl methyl sites for hydroxylation is 1. The van der Waals surface area contributed by atoms with Crippen molar-refractivity contribution in [3.05, 3.63) is 28.1 Å². The van der Waals surface area contributed by atoms with Crippen molar-refractivity contribution in [2.24, 2.45) is 5.73 Å². The first-order valence-electron chi connectivity index (χ1n) is 5.58. The van der Waals surface area contributed by atoms with Crippen LogP contribution in [0.15, 0.2) is 18.2 Å². The molecule has 0 aliphatic carbocycles. The number of ether oxygens (including phenoxy) is 2. The molecule has 0 saturated carbocycles. The fourth-order valence-corrected chi connectivity index (χ4v) is 2.64. The van der Waals surface area contributed by atoms with Gasteiger partial charge in [0.15, 0.2) is 0 Å². The maximum atomic E-state index is 5.75. The van der Waals surface area contributed by atoms with E-state index >= 15 is 0 Å². The Labute approximate surface area is 110 Å². The summed E-state index contributed by atoms with van der Waals surface area (Å²) in [5.41, 5.74) is 7.60. The molecule has 1 aromatic heterocycles. The van der Waals surface area contributed by atoms with Crippen molar-refractivity contribution in [3.63, 3.8) is 0 Å². The largest absolute Gasteiger partial charge is 0.497 e. The van der Waals surface area contributed by atoms with E-state index in [-0.39, 0.29) is 0 Å². The van der Waals surface area contributed by atoms with Gasteiger partial charge >= 0.3 is 0 Å². The van der Waals surface area contributed by atoms with Crippen LogP contribution in [0.5, 0.6) is 11.5 Å². The van der Waals surface area contributed by atoms with Crippen LogP contribution in [0.1, 0.15) is 9.88 Å². The molecule has 0 aliphatic rings. The molecule has 2 aromatic rings. The van der Waals surface area contributed by atoms with E-state index < -0.39 is 0 Å². The normalized spacial score (nSPS) is 10.4. The Bertz CT molecular complexity index is 552. The molecule has 0 unspecified atom stereocenters. The van der Waals surface area contributed by atoms with E-state index in [0.29, 0.717) is 6.54 Å². The van der Waals surface area contributed by atoms with Crippen LogP contribution in [0, 0.1) is 6.92 Å². The van der Waals surface area contributed by atoms with E-state index in [0.717, 1.165) is 32.6 Å². The molecule has 0 radical (unpaired) electrons. The minimum absolute atomic E-state index is 0.482. The highest BCUT2D eigenvalue weighted by Gasteiger charge is 2.15. The van der Waals surface area contributed by atoms with Gasteiger partial charge < -0.3 is 15.2 Å². The Morgan fingerprint density at radius 2 is 2.06 bits per heavy atom. The standard InChI is InChI=1S/C13H16N2O2S/c1-8-15-13(12(7-14)18-8)10-5-4-9(16-2)6-11(10)17-3/h4-6H,7,14H2,1-3H3. The number of rotatable bonds is 4. The van der Waals surface area contributed by atoms with Crippen LogP contribution in [-0.4, -0.2) is 19.2 Å². The van der Waals surface area contributed by atoms with Gasteiger partial charge in [-0.2, -0.15) is 0 Å². The third kappa shape index (κ3) is 2.32. The Morgan fingerprint density at radius 3 is 2.67 bits per heavy atom. The highest BCUT2D eigenvalue weighted by atomic mass is 32.1. The second kappa shape index (κ2) is 5.37. The first-order chi connectivity index (χ1) is 8.69. The van der Waals surface area contributed by atoms with Crippen molar-refractivity contribution in [1.82, 2.24) is 4.98 Å². The van der Waals surface area contributed by atoms with Crippen LogP contribution in [0.4, 0.5) is 0 Å². The van der Waals surface area contributed by atoms with Gasteiger partial charge in [-0.25, -0.2) is 4.98 Å². The average molecular weight is 264 g/mol. The van der Waals surface area contributed by atoms with E-state index in [2.05, 4.69) is 4.98 Å². The number of thiazole rings is 1. The van der Waals surface area contributed by atoms with E-state index in [4.69, 9.17) is 15.2 Å². The molecule has 5 heteroatoms. The summed E-state index contributed by atoms with van der Waals surface area (Å²) in [6.45, 7) is 2.46. The molecule has 96 valence electrons. The summed E-state index contributed by atoms with van der Waals surface area (Å²) in [5.74, 6) is 1.51. The second-order valence-corrected chi connectivity index (χ2v) is 5.06. The molecule has 4 nitrogen and oxygen atoms in total. The molecule has 0 saturated heterocycles. The van der Waals surface area contributed by atoms with Crippen LogP contribution < -0.4 is 15.2 Å². The number of benzene rings is 1. The molecule has 0 bridgehead atoms. The monoisotopic (exact) mass is 264 g/mol. The van der Waals surface area contributed by atoms with Gasteiger partial charge in [-0.15, -0.1) is 11.3 Å². The van der Waals surface area contributed by atoms with Gasteiger partial charge in [0.1, 0.15) is 11.5 Å². The predicted molar refractivity (Wildman–Crippen MR) is 73.3 cm³/mol. The lowest BCUT2D eigenvalue weighted by Crippen LogP contribution is -1.97. The smallest absolute Gasteiger partial charge is 0.131 e. The summed E-state index contributed by atoms with van der Waals surface area (Å²) in [7, 11) is 3.27. The number of nitrogens with zero attached hydrogens (tertiary/aromatic N) is 1. The number of hydrogen-bond acceptors (Lipinski definition) is 5. The summed E-state index contributed by atoms with van der Waals surface area (Å²) in [6.07, 6.45) is 0. The minimum atomic E-state index is 0.482. The summed E-state index contributed by atoms with van der Waals surface area (Å²) in [5, 5.41) is 1.00. The molecular formula is C13H16N2O2S. The van der Waals surface area contributed by atoms with Crippen LogP contribution in [0.3, 0.4) is 0 Å². The highest BCUT2D eigenvalue weighted by Crippen LogP contribution is 2.36. The van der Waals surface area contributed by atoms with Crippen molar-refractivity contribution in [1.29, 1.82) is 0 Å². The fourth-order valence-electron chi connectivity index (χ4n) is 1.81. The Morgan fingerprint density at radius 1 is 1.28 bits per heavy atom. The summed E-state index contributed by atoms with van der Waals surface area (Å²) < 4.78 is 10.6. The quantitative estimate of drug-likeness (QED) is 0.922. The van der Waals surface area contributed by atoms with Crippen molar-refractivity contribution in [3.8, 4) is 22.8 Å². The van der Waals surface area contributed by atoms with Crippen LogP contribution >= 0.6 is 11.3 Å².